The molecule has 0 N–H and O–H groups in total. The largest absolute Gasteiger partial charge is 0.466 e. The number of hydrogen-bond donors (Lipinski definition) is 0. The fraction of sp³-hybridized carbons (Fsp3) is 0.364. The molecule has 20 heavy (non-hydrogen) atoms. The summed E-state index contributed by atoms with van der Waals surface area (Å²) < 4.78 is 30.1. The Morgan fingerprint density at radius 1 is 1.65 bits per heavy atom. The van der Waals surface area contributed by atoms with Gasteiger partial charge in [-0.2, -0.15) is 5.26 Å². The Morgan fingerprint density at radius 3 is 2.75 bits per heavy atom. The maximum Gasteiger partial charge on any atom is 0.374 e. The number of carbonyl (C=O) groups excluding carboxylic acids is 1. The van der Waals surface area contributed by atoms with Gasteiger partial charge in [0.15, 0.2) is 5.69 Å². The van der Waals surface area contributed by atoms with E-state index in [-0.39, 0.29) is 12.3 Å². The van der Waals surface area contributed by atoms with Gasteiger partial charge in [-0.05, 0) is 16.8 Å². The van der Waals surface area contributed by atoms with E-state index in [0.717, 1.165) is 6.07 Å². The second-order valence-electron chi connectivity index (χ2n) is 3.55. The van der Waals surface area contributed by atoms with Crippen molar-refractivity contribution in [3.8, 4) is 6.07 Å². The molecule has 7 nitrogen and oxygen atoms in total. The number of carbonyl (C=O) groups is 1. The molecule has 1 aromatic heterocycles. The smallest absolute Gasteiger partial charge is 0.374 e. The summed E-state index contributed by atoms with van der Waals surface area (Å²) in [5.74, 6) is -1.85. The van der Waals surface area contributed by atoms with E-state index in [1.165, 1.54) is 6.07 Å². The monoisotopic (exact) mass is 285 g/mol. The van der Waals surface area contributed by atoms with Gasteiger partial charge in [0.25, 0.3) is 6.43 Å². The summed E-state index contributed by atoms with van der Waals surface area (Å²) in [6, 6.07) is 2.36. The first kappa shape index (κ1) is 15.4. The lowest BCUT2D eigenvalue weighted by Gasteiger charge is -2.05. The van der Waals surface area contributed by atoms with E-state index in [9.17, 15) is 23.7 Å². The number of pyridine rings is 1. The molecule has 0 saturated heterocycles. The second kappa shape index (κ2) is 6.51. The second-order valence-corrected chi connectivity index (χ2v) is 3.55. The highest BCUT2D eigenvalue weighted by Crippen LogP contribution is 2.31. The van der Waals surface area contributed by atoms with Gasteiger partial charge in [0.05, 0.1) is 12.2 Å². The van der Waals surface area contributed by atoms with Crippen molar-refractivity contribution in [2.45, 2.75) is 19.8 Å². The van der Waals surface area contributed by atoms with Gasteiger partial charge in [-0.1, -0.05) is 0 Å². The number of alkyl halides is 2. The average Bonchev–Trinajstić information content (AvgIpc) is 2.37. The molecule has 9 heteroatoms. The molecule has 1 aromatic rings. The molecule has 0 atom stereocenters. The minimum atomic E-state index is -3.21. The molecule has 0 saturated carbocycles. The summed E-state index contributed by atoms with van der Waals surface area (Å²) in [6.07, 6.45) is -3.65. The standard InChI is InChI=1S/C11H9F2N3O4/c1-2-20-8(17)4-7-3-6(5-14)9(10(12)13)11(15-7)16(18)19/h3,10H,2,4H2,1H3. The molecule has 0 radical (unpaired) electrons. The Morgan fingerprint density at radius 2 is 2.30 bits per heavy atom. The number of hydrogen-bond acceptors (Lipinski definition) is 6. The Hall–Kier alpha value is -2.63. The van der Waals surface area contributed by atoms with Crippen LogP contribution in [0.3, 0.4) is 0 Å². The van der Waals surface area contributed by atoms with Gasteiger partial charge in [0, 0.05) is 6.07 Å². The maximum atomic E-state index is 12.8. The van der Waals surface area contributed by atoms with E-state index in [2.05, 4.69) is 9.72 Å². The van der Waals surface area contributed by atoms with Crippen molar-refractivity contribution < 1.29 is 23.2 Å². The molecule has 1 rings (SSSR count). The van der Waals surface area contributed by atoms with Crippen LogP contribution >= 0.6 is 0 Å². The topological polar surface area (TPSA) is 106 Å². The van der Waals surface area contributed by atoms with Crippen LogP contribution < -0.4 is 0 Å². The summed E-state index contributed by atoms with van der Waals surface area (Å²) in [5, 5.41) is 19.5. The first-order valence-corrected chi connectivity index (χ1v) is 5.42. The van der Waals surface area contributed by atoms with Crippen molar-refractivity contribution in [2.24, 2.45) is 0 Å². The maximum absolute atomic E-state index is 12.8. The van der Waals surface area contributed by atoms with Crippen LogP contribution in [0, 0.1) is 21.4 Å². The van der Waals surface area contributed by atoms with Crippen molar-refractivity contribution in [3.63, 3.8) is 0 Å². The van der Waals surface area contributed by atoms with E-state index >= 15 is 0 Å². The van der Waals surface area contributed by atoms with Crippen LogP contribution in [0.15, 0.2) is 6.07 Å². The highest BCUT2D eigenvalue weighted by Gasteiger charge is 2.29. The highest BCUT2D eigenvalue weighted by molar-refractivity contribution is 5.72. The van der Waals surface area contributed by atoms with Gasteiger partial charge in [0.2, 0.25) is 0 Å². The molecule has 106 valence electrons. The van der Waals surface area contributed by atoms with Crippen molar-refractivity contribution in [1.82, 2.24) is 4.98 Å². The molecular formula is C11H9F2N3O4. The zero-order chi connectivity index (χ0) is 15.3. The third-order valence-corrected chi connectivity index (χ3v) is 2.23. The number of nitrogens with zero attached hydrogens (tertiary/aromatic N) is 3. The van der Waals surface area contributed by atoms with E-state index in [0.29, 0.717) is 0 Å². The summed E-state index contributed by atoms with van der Waals surface area (Å²) in [4.78, 5) is 24.3. The van der Waals surface area contributed by atoms with Gasteiger partial charge in [-0.25, -0.2) is 8.78 Å². The van der Waals surface area contributed by atoms with Gasteiger partial charge in [-0.15, -0.1) is 0 Å². The van der Waals surface area contributed by atoms with Crippen LogP contribution in [0.25, 0.3) is 0 Å². The lowest BCUT2D eigenvalue weighted by atomic mass is 10.1. The van der Waals surface area contributed by atoms with Crippen LogP contribution in [0.4, 0.5) is 14.6 Å². The molecule has 0 fully saturated rings. The molecule has 0 aromatic carbocycles. The molecule has 0 unspecified atom stereocenters. The first-order chi connectivity index (χ1) is 9.40. The summed E-state index contributed by atoms with van der Waals surface area (Å²) in [7, 11) is 0. The quantitative estimate of drug-likeness (QED) is 0.464. The fourth-order valence-electron chi connectivity index (χ4n) is 1.49. The molecule has 0 bridgehead atoms. The fourth-order valence-corrected chi connectivity index (χ4v) is 1.49. The normalized spacial score (nSPS) is 10.2. The number of nitriles is 1. The molecule has 0 amide bonds. The third kappa shape index (κ3) is 3.44. The molecule has 0 spiro atoms. The van der Waals surface area contributed by atoms with Gasteiger partial charge < -0.3 is 14.9 Å². The summed E-state index contributed by atoms with van der Waals surface area (Å²) in [6.45, 7) is 1.66. The predicted molar refractivity (Wildman–Crippen MR) is 60.9 cm³/mol. The van der Waals surface area contributed by atoms with Crippen LogP contribution in [-0.2, 0) is 16.0 Å². The number of esters is 1. The summed E-state index contributed by atoms with van der Waals surface area (Å²) >= 11 is 0. The summed E-state index contributed by atoms with van der Waals surface area (Å²) in [5.41, 5.74) is -1.80. The first-order valence-electron chi connectivity index (χ1n) is 5.42. The molecule has 0 aliphatic carbocycles. The number of rotatable bonds is 5. The number of halogens is 2. The van der Waals surface area contributed by atoms with Crippen molar-refractivity contribution >= 4 is 11.8 Å². The van der Waals surface area contributed by atoms with Gasteiger partial charge >= 0.3 is 11.8 Å². The minimum Gasteiger partial charge on any atom is -0.466 e. The minimum absolute atomic E-state index is 0.0984. The third-order valence-electron chi connectivity index (χ3n) is 2.23. The Labute approximate surface area is 111 Å². The zero-order valence-electron chi connectivity index (χ0n) is 10.3. The van der Waals surface area contributed by atoms with Gasteiger partial charge in [-0.3, -0.25) is 4.79 Å². The Balaban J connectivity index is 3.31. The molecule has 0 aliphatic heterocycles. The van der Waals surface area contributed by atoms with Crippen molar-refractivity contribution in [2.75, 3.05) is 6.61 Å². The predicted octanol–water partition coefficient (Wildman–Crippen LogP) is 1.90. The highest BCUT2D eigenvalue weighted by atomic mass is 19.3. The lowest BCUT2D eigenvalue weighted by molar-refractivity contribution is -0.391. The molecular weight excluding hydrogens is 276 g/mol. The molecule has 0 aliphatic rings. The van der Waals surface area contributed by atoms with E-state index in [4.69, 9.17) is 5.26 Å². The Bertz CT molecular complexity index is 584. The van der Waals surface area contributed by atoms with Crippen molar-refractivity contribution in [1.29, 1.82) is 5.26 Å². The number of aromatic nitrogens is 1. The average molecular weight is 285 g/mol. The van der Waals surface area contributed by atoms with E-state index < -0.39 is 40.7 Å². The van der Waals surface area contributed by atoms with Crippen LogP contribution in [0.1, 0.15) is 30.2 Å². The van der Waals surface area contributed by atoms with Crippen LogP contribution in [0.2, 0.25) is 0 Å². The Kier molecular flexibility index (Phi) is 5.02. The SMILES string of the molecule is CCOC(=O)Cc1cc(C#N)c(C(F)F)c([N+](=O)[O-])n1. The number of nitro groups is 1. The zero-order valence-corrected chi connectivity index (χ0v) is 10.3. The van der Waals surface area contributed by atoms with E-state index in [1.54, 1.807) is 6.92 Å². The van der Waals surface area contributed by atoms with Gasteiger partial charge in [0.1, 0.15) is 18.1 Å². The van der Waals surface area contributed by atoms with E-state index in [1.807, 2.05) is 0 Å². The van der Waals surface area contributed by atoms with Crippen LogP contribution in [-0.4, -0.2) is 22.5 Å². The lowest BCUT2D eigenvalue weighted by Crippen LogP contribution is -2.11. The van der Waals surface area contributed by atoms with Crippen LogP contribution in [0.5, 0.6) is 0 Å². The molecule has 1 heterocycles. The number of ether oxygens (including phenoxy) is 1. The van der Waals surface area contributed by atoms with Crippen molar-refractivity contribution in [3.05, 3.63) is 33.0 Å².